The Balaban J connectivity index is 1.61. The summed E-state index contributed by atoms with van der Waals surface area (Å²) in [4.78, 5) is 29.1. The van der Waals surface area contributed by atoms with Crippen LogP contribution in [0.3, 0.4) is 0 Å². The van der Waals surface area contributed by atoms with Crippen molar-refractivity contribution in [2.75, 3.05) is 43.6 Å². The molecule has 2 aromatic carbocycles. The van der Waals surface area contributed by atoms with Gasteiger partial charge >= 0.3 is 5.97 Å². The molecule has 1 aliphatic heterocycles. The number of anilines is 2. The Kier molecular flexibility index (Phi) is 6.41. The molecule has 1 amide bonds. The zero-order valence-corrected chi connectivity index (χ0v) is 19.2. The Hall–Kier alpha value is -3.72. The van der Waals surface area contributed by atoms with Crippen LogP contribution in [0.4, 0.5) is 11.4 Å². The normalized spacial score (nSPS) is 13.6. The van der Waals surface area contributed by atoms with Crippen molar-refractivity contribution in [3.05, 3.63) is 64.5 Å². The zero-order chi connectivity index (χ0) is 23.5. The Morgan fingerprint density at radius 3 is 2.48 bits per heavy atom. The van der Waals surface area contributed by atoms with Crippen LogP contribution in [0.25, 0.3) is 5.69 Å². The van der Waals surface area contributed by atoms with Gasteiger partial charge in [0.2, 0.25) is 0 Å². The van der Waals surface area contributed by atoms with Crippen molar-refractivity contribution < 1.29 is 19.1 Å². The van der Waals surface area contributed by atoms with Crippen molar-refractivity contribution in [3.8, 4) is 5.69 Å². The number of aromatic nitrogens is 3. The lowest BCUT2D eigenvalue weighted by Gasteiger charge is -2.29. The molecule has 0 saturated carbocycles. The van der Waals surface area contributed by atoms with Crippen molar-refractivity contribution in [2.24, 2.45) is 0 Å². The number of rotatable bonds is 5. The highest BCUT2D eigenvalue weighted by molar-refractivity contribution is 6.08. The van der Waals surface area contributed by atoms with E-state index < -0.39 is 11.9 Å². The number of hydrogen-bond acceptors (Lipinski definition) is 7. The second-order valence-electron chi connectivity index (χ2n) is 7.99. The minimum absolute atomic E-state index is 0.183. The largest absolute Gasteiger partial charge is 0.465 e. The molecule has 0 radical (unpaired) electrons. The first-order chi connectivity index (χ1) is 15.9. The van der Waals surface area contributed by atoms with Crippen LogP contribution in [0.15, 0.2) is 36.4 Å². The van der Waals surface area contributed by atoms with Crippen LogP contribution < -0.4 is 10.2 Å². The van der Waals surface area contributed by atoms with Gasteiger partial charge in [0.05, 0.1) is 43.0 Å². The third kappa shape index (κ3) is 4.73. The Morgan fingerprint density at radius 1 is 1.03 bits per heavy atom. The lowest BCUT2D eigenvalue weighted by Crippen LogP contribution is -2.36. The number of nitrogens with zero attached hydrogens (tertiary/aromatic N) is 4. The van der Waals surface area contributed by atoms with E-state index >= 15 is 0 Å². The molecule has 0 atom stereocenters. The van der Waals surface area contributed by atoms with Crippen LogP contribution >= 0.6 is 0 Å². The molecule has 172 valence electrons. The predicted octanol–water partition coefficient (Wildman–Crippen LogP) is 3.07. The van der Waals surface area contributed by atoms with Gasteiger partial charge in [0, 0.05) is 18.8 Å². The maximum atomic E-state index is 13.1. The first-order valence-electron chi connectivity index (χ1n) is 10.8. The first-order valence-corrected chi connectivity index (χ1v) is 10.8. The van der Waals surface area contributed by atoms with E-state index in [9.17, 15) is 9.59 Å². The first kappa shape index (κ1) is 22.5. The number of benzene rings is 2. The zero-order valence-electron chi connectivity index (χ0n) is 19.2. The fourth-order valence-corrected chi connectivity index (χ4v) is 3.85. The minimum atomic E-state index is -0.531. The van der Waals surface area contributed by atoms with Gasteiger partial charge in [-0.15, -0.1) is 5.10 Å². The third-order valence-electron chi connectivity index (χ3n) is 5.60. The van der Waals surface area contributed by atoms with E-state index in [2.05, 4.69) is 20.4 Å². The molecule has 1 aliphatic rings. The van der Waals surface area contributed by atoms with Gasteiger partial charge in [-0.2, -0.15) is 9.90 Å². The number of amides is 1. The minimum Gasteiger partial charge on any atom is -0.465 e. The van der Waals surface area contributed by atoms with Crippen molar-refractivity contribution in [2.45, 2.75) is 20.8 Å². The van der Waals surface area contributed by atoms with Crippen molar-refractivity contribution >= 4 is 23.3 Å². The summed E-state index contributed by atoms with van der Waals surface area (Å²) in [6, 6.07) is 11.2. The number of morpholine rings is 1. The smallest absolute Gasteiger partial charge is 0.340 e. The molecule has 2 heterocycles. The highest BCUT2D eigenvalue weighted by atomic mass is 16.5. The van der Waals surface area contributed by atoms with Gasteiger partial charge in [0.25, 0.3) is 5.91 Å². The Labute approximate surface area is 192 Å². The number of esters is 1. The second-order valence-corrected chi connectivity index (χ2v) is 7.99. The number of carbonyl (C=O) groups excluding carboxylic acids is 2. The summed E-state index contributed by atoms with van der Waals surface area (Å²) < 4.78 is 10.3. The van der Waals surface area contributed by atoms with Crippen LogP contribution in [0.2, 0.25) is 0 Å². The summed E-state index contributed by atoms with van der Waals surface area (Å²) in [5.41, 5.74) is 5.10. The molecule has 1 saturated heterocycles. The molecule has 1 aromatic heterocycles. The monoisotopic (exact) mass is 449 g/mol. The molecule has 1 N–H and O–H groups in total. The summed E-state index contributed by atoms with van der Waals surface area (Å²) in [6.45, 7) is 8.42. The molecule has 1 fully saturated rings. The number of aryl methyl sites for hydroxylation is 3. The molecule has 0 bridgehead atoms. The molecule has 0 unspecified atom stereocenters. The number of carbonyl (C=O) groups is 2. The fraction of sp³-hybridized carbons (Fsp3) is 0.333. The summed E-state index contributed by atoms with van der Waals surface area (Å²) >= 11 is 0. The average Bonchev–Trinajstić information content (AvgIpc) is 3.20. The summed E-state index contributed by atoms with van der Waals surface area (Å²) in [5.74, 6) is -0.983. The number of methoxy groups -OCH3 is 1. The van der Waals surface area contributed by atoms with E-state index in [1.807, 2.05) is 38.1 Å². The van der Waals surface area contributed by atoms with E-state index in [-0.39, 0.29) is 11.3 Å². The lowest BCUT2D eigenvalue weighted by atomic mass is 10.1. The van der Waals surface area contributed by atoms with Gasteiger partial charge in [-0.3, -0.25) is 4.79 Å². The van der Waals surface area contributed by atoms with Crippen LogP contribution in [0.5, 0.6) is 0 Å². The predicted molar refractivity (Wildman–Crippen MR) is 124 cm³/mol. The topological polar surface area (TPSA) is 98.6 Å². The van der Waals surface area contributed by atoms with Gasteiger partial charge in [0.1, 0.15) is 0 Å². The maximum absolute atomic E-state index is 13.1. The van der Waals surface area contributed by atoms with Crippen molar-refractivity contribution in [1.82, 2.24) is 15.0 Å². The standard InChI is InChI=1S/C24H27N5O4/c1-15-5-8-21(16(2)13-15)29-26-17(3)22(27-29)23(30)25-20-7-6-18(14-19(20)24(31)32-4)28-9-11-33-12-10-28/h5-8,13-14H,9-12H2,1-4H3,(H,25,30). The van der Waals surface area contributed by atoms with Gasteiger partial charge in [-0.05, 0) is 50.6 Å². The van der Waals surface area contributed by atoms with Crippen molar-refractivity contribution in [1.29, 1.82) is 0 Å². The molecule has 0 aliphatic carbocycles. The van der Waals surface area contributed by atoms with E-state index in [0.29, 0.717) is 24.6 Å². The Morgan fingerprint density at radius 2 is 1.79 bits per heavy atom. The highest BCUT2D eigenvalue weighted by Gasteiger charge is 2.22. The fourth-order valence-electron chi connectivity index (χ4n) is 3.85. The molecular weight excluding hydrogens is 422 g/mol. The maximum Gasteiger partial charge on any atom is 0.340 e. The SMILES string of the molecule is COC(=O)c1cc(N2CCOCC2)ccc1NC(=O)c1nn(-c2ccc(C)cc2C)nc1C. The highest BCUT2D eigenvalue weighted by Crippen LogP contribution is 2.26. The lowest BCUT2D eigenvalue weighted by molar-refractivity contribution is 0.0602. The Bertz CT molecular complexity index is 1200. The van der Waals surface area contributed by atoms with E-state index in [0.717, 1.165) is 35.6 Å². The van der Waals surface area contributed by atoms with E-state index in [1.165, 1.54) is 11.9 Å². The second kappa shape index (κ2) is 9.41. The van der Waals surface area contributed by atoms with Crippen molar-refractivity contribution in [3.63, 3.8) is 0 Å². The van der Waals surface area contributed by atoms with E-state index in [1.54, 1.807) is 19.1 Å². The van der Waals surface area contributed by atoms with Crippen LogP contribution in [-0.2, 0) is 9.47 Å². The van der Waals surface area contributed by atoms with Crippen LogP contribution in [0, 0.1) is 20.8 Å². The van der Waals surface area contributed by atoms with Gasteiger partial charge < -0.3 is 19.7 Å². The van der Waals surface area contributed by atoms with E-state index in [4.69, 9.17) is 9.47 Å². The van der Waals surface area contributed by atoms with Gasteiger partial charge in [0.15, 0.2) is 5.69 Å². The molecular formula is C24H27N5O4. The number of hydrogen-bond donors (Lipinski definition) is 1. The molecule has 3 aromatic rings. The number of nitrogens with one attached hydrogen (secondary N) is 1. The van der Waals surface area contributed by atoms with Gasteiger partial charge in [-0.1, -0.05) is 17.7 Å². The molecule has 9 heteroatoms. The number of ether oxygens (including phenoxy) is 2. The van der Waals surface area contributed by atoms with Crippen LogP contribution in [-0.4, -0.2) is 60.3 Å². The third-order valence-corrected chi connectivity index (χ3v) is 5.60. The molecule has 9 nitrogen and oxygen atoms in total. The van der Waals surface area contributed by atoms with Gasteiger partial charge in [-0.25, -0.2) is 4.79 Å². The summed E-state index contributed by atoms with van der Waals surface area (Å²) in [5, 5.41) is 11.6. The summed E-state index contributed by atoms with van der Waals surface area (Å²) in [7, 11) is 1.31. The summed E-state index contributed by atoms with van der Waals surface area (Å²) in [6.07, 6.45) is 0. The quantitative estimate of drug-likeness (QED) is 0.598. The van der Waals surface area contributed by atoms with Crippen LogP contribution in [0.1, 0.15) is 37.7 Å². The molecule has 33 heavy (non-hydrogen) atoms. The molecule has 4 rings (SSSR count). The molecule has 0 spiro atoms. The average molecular weight is 450 g/mol.